The van der Waals surface area contributed by atoms with Gasteiger partial charge in [0.2, 0.25) is 0 Å². The normalized spacial score (nSPS) is 10.1. The van der Waals surface area contributed by atoms with Crippen molar-refractivity contribution in [1.29, 1.82) is 0 Å². The Morgan fingerprint density at radius 3 is 2.50 bits per heavy atom. The van der Waals surface area contributed by atoms with Crippen molar-refractivity contribution in [3.05, 3.63) is 42.5 Å². The second-order valence-corrected chi connectivity index (χ2v) is 2.79. The summed E-state index contributed by atoms with van der Waals surface area (Å²) in [6.45, 7) is 2.09. The van der Waals surface area contributed by atoms with E-state index in [9.17, 15) is 0 Å². The first-order valence-corrected chi connectivity index (χ1v) is 3.92. The lowest BCUT2D eigenvalue weighted by Gasteiger charge is -1.97. The van der Waals surface area contributed by atoms with Crippen LogP contribution >= 0.6 is 0 Å². The molecular weight excluding hydrogens is 148 g/mol. The summed E-state index contributed by atoms with van der Waals surface area (Å²) in [4.78, 5) is 7.05. The van der Waals surface area contributed by atoms with E-state index in [4.69, 9.17) is 0 Å². The molecule has 2 aromatic heterocycles. The number of pyridine rings is 1. The van der Waals surface area contributed by atoms with Gasteiger partial charge in [-0.3, -0.25) is 4.98 Å². The van der Waals surface area contributed by atoms with Crippen LogP contribution in [0.1, 0.15) is 5.56 Å². The average molecular weight is 158 g/mol. The number of nitrogens with zero attached hydrogens (tertiary/aromatic N) is 1. The van der Waals surface area contributed by atoms with Crippen LogP contribution in [0.25, 0.3) is 11.1 Å². The first-order chi connectivity index (χ1) is 5.88. The first kappa shape index (κ1) is 7.10. The lowest BCUT2D eigenvalue weighted by molar-refractivity contribution is 1.33. The predicted molar refractivity (Wildman–Crippen MR) is 48.8 cm³/mol. The zero-order chi connectivity index (χ0) is 8.39. The van der Waals surface area contributed by atoms with Crippen molar-refractivity contribution in [2.75, 3.05) is 0 Å². The van der Waals surface area contributed by atoms with Crippen LogP contribution in [0.2, 0.25) is 0 Å². The Kier molecular flexibility index (Phi) is 1.67. The molecule has 60 valence electrons. The van der Waals surface area contributed by atoms with Crippen LogP contribution in [0.15, 0.2) is 36.9 Å². The van der Waals surface area contributed by atoms with E-state index in [1.165, 1.54) is 16.7 Å². The molecule has 0 atom stereocenters. The van der Waals surface area contributed by atoms with Crippen LogP contribution in [0.5, 0.6) is 0 Å². The fourth-order valence-electron chi connectivity index (χ4n) is 1.28. The van der Waals surface area contributed by atoms with Crippen LogP contribution in [0.4, 0.5) is 0 Å². The molecule has 0 saturated heterocycles. The molecule has 1 N–H and O–H groups in total. The molecule has 2 aromatic rings. The van der Waals surface area contributed by atoms with Crippen LogP contribution in [0.3, 0.4) is 0 Å². The fraction of sp³-hybridized carbons (Fsp3) is 0.100. The minimum atomic E-state index is 1.21. The summed E-state index contributed by atoms with van der Waals surface area (Å²) < 4.78 is 0. The topological polar surface area (TPSA) is 28.7 Å². The third-order valence-corrected chi connectivity index (χ3v) is 1.94. The van der Waals surface area contributed by atoms with Gasteiger partial charge in [-0.1, -0.05) is 0 Å². The van der Waals surface area contributed by atoms with Gasteiger partial charge in [0.25, 0.3) is 0 Å². The monoisotopic (exact) mass is 158 g/mol. The van der Waals surface area contributed by atoms with E-state index in [2.05, 4.69) is 16.9 Å². The number of aryl methyl sites for hydroxylation is 1. The highest BCUT2D eigenvalue weighted by Crippen LogP contribution is 2.21. The minimum Gasteiger partial charge on any atom is -0.367 e. The molecule has 0 saturated carbocycles. The lowest BCUT2D eigenvalue weighted by atomic mass is 10.1. The summed E-state index contributed by atoms with van der Waals surface area (Å²) in [5, 5.41) is 0. The molecule has 0 aliphatic carbocycles. The Morgan fingerprint density at radius 2 is 1.92 bits per heavy atom. The highest BCUT2D eigenvalue weighted by atomic mass is 14.6. The summed E-state index contributed by atoms with van der Waals surface area (Å²) in [7, 11) is 0. The molecule has 0 radical (unpaired) electrons. The standard InChI is InChI=1S/C10H10N2/c1-8-6-12-7-10(8)9-2-4-11-5-3-9/h2-7,12H,1H3. The van der Waals surface area contributed by atoms with Crippen molar-refractivity contribution in [1.82, 2.24) is 9.97 Å². The number of hydrogen-bond donors (Lipinski definition) is 1. The SMILES string of the molecule is Cc1c[nH]cc1-c1ccncc1. The van der Waals surface area contributed by atoms with Gasteiger partial charge in [0.05, 0.1) is 0 Å². The van der Waals surface area contributed by atoms with E-state index in [-0.39, 0.29) is 0 Å². The number of aromatic nitrogens is 2. The molecule has 2 rings (SSSR count). The van der Waals surface area contributed by atoms with Crippen LogP contribution in [0, 0.1) is 6.92 Å². The number of hydrogen-bond acceptors (Lipinski definition) is 1. The highest BCUT2D eigenvalue weighted by molar-refractivity contribution is 5.65. The Hall–Kier alpha value is -1.57. The van der Waals surface area contributed by atoms with E-state index in [1.54, 1.807) is 0 Å². The molecule has 0 aliphatic rings. The Balaban J connectivity index is 2.51. The van der Waals surface area contributed by atoms with Crippen molar-refractivity contribution in [3.8, 4) is 11.1 Å². The van der Waals surface area contributed by atoms with Gasteiger partial charge in [-0.15, -0.1) is 0 Å². The molecule has 12 heavy (non-hydrogen) atoms. The Morgan fingerprint density at radius 1 is 1.17 bits per heavy atom. The maximum atomic E-state index is 3.97. The molecule has 0 bridgehead atoms. The van der Waals surface area contributed by atoms with Crippen LogP contribution in [-0.2, 0) is 0 Å². The molecule has 0 aromatic carbocycles. The zero-order valence-electron chi connectivity index (χ0n) is 6.91. The molecular formula is C10H10N2. The molecule has 2 nitrogen and oxygen atoms in total. The van der Waals surface area contributed by atoms with Gasteiger partial charge in [-0.25, -0.2) is 0 Å². The van der Waals surface area contributed by atoms with E-state index < -0.39 is 0 Å². The molecule has 0 unspecified atom stereocenters. The summed E-state index contributed by atoms with van der Waals surface area (Å²) >= 11 is 0. The van der Waals surface area contributed by atoms with Crippen molar-refractivity contribution >= 4 is 0 Å². The summed E-state index contributed by atoms with van der Waals surface area (Å²) in [6.07, 6.45) is 7.62. The molecule has 0 spiro atoms. The van der Waals surface area contributed by atoms with Crippen molar-refractivity contribution < 1.29 is 0 Å². The molecule has 0 fully saturated rings. The van der Waals surface area contributed by atoms with Crippen LogP contribution < -0.4 is 0 Å². The molecule has 2 heterocycles. The van der Waals surface area contributed by atoms with Crippen LogP contribution in [-0.4, -0.2) is 9.97 Å². The van der Waals surface area contributed by atoms with Gasteiger partial charge in [-0.05, 0) is 30.2 Å². The molecule has 2 heteroatoms. The smallest absolute Gasteiger partial charge is 0.0273 e. The van der Waals surface area contributed by atoms with Crippen molar-refractivity contribution in [2.45, 2.75) is 6.92 Å². The number of aromatic amines is 1. The van der Waals surface area contributed by atoms with Crippen molar-refractivity contribution in [3.63, 3.8) is 0 Å². The molecule has 0 aliphatic heterocycles. The largest absolute Gasteiger partial charge is 0.367 e. The minimum absolute atomic E-state index is 1.21. The maximum Gasteiger partial charge on any atom is 0.0273 e. The van der Waals surface area contributed by atoms with Gasteiger partial charge in [0.1, 0.15) is 0 Å². The van der Waals surface area contributed by atoms with Gasteiger partial charge in [-0.2, -0.15) is 0 Å². The third-order valence-electron chi connectivity index (χ3n) is 1.94. The second kappa shape index (κ2) is 2.81. The number of nitrogens with one attached hydrogen (secondary N) is 1. The fourth-order valence-corrected chi connectivity index (χ4v) is 1.28. The second-order valence-electron chi connectivity index (χ2n) is 2.79. The van der Waals surface area contributed by atoms with E-state index in [0.717, 1.165) is 0 Å². The summed E-state index contributed by atoms with van der Waals surface area (Å²) in [6, 6.07) is 4.02. The summed E-state index contributed by atoms with van der Waals surface area (Å²) in [5.74, 6) is 0. The zero-order valence-corrected chi connectivity index (χ0v) is 6.91. The maximum absolute atomic E-state index is 3.97. The Bertz CT molecular complexity index is 362. The van der Waals surface area contributed by atoms with Crippen molar-refractivity contribution in [2.24, 2.45) is 0 Å². The van der Waals surface area contributed by atoms with Gasteiger partial charge < -0.3 is 4.98 Å². The van der Waals surface area contributed by atoms with Gasteiger partial charge in [0, 0.05) is 30.4 Å². The highest BCUT2D eigenvalue weighted by Gasteiger charge is 1.99. The number of H-pyrrole nitrogens is 1. The predicted octanol–water partition coefficient (Wildman–Crippen LogP) is 2.39. The number of rotatable bonds is 1. The first-order valence-electron chi connectivity index (χ1n) is 3.92. The van der Waals surface area contributed by atoms with E-state index >= 15 is 0 Å². The van der Waals surface area contributed by atoms with E-state index in [1.807, 2.05) is 36.9 Å². The average Bonchev–Trinajstić information content (AvgIpc) is 2.53. The third kappa shape index (κ3) is 1.11. The van der Waals surface area contributed by atoms with E-state index in [0.29, 0.717) is 0 Å². The Labute approximate surface area is 71.3 Å². The summed E-state index contributed by atoms with van der Waals surface area (Å²) in [5.41, 5.74) is 3.72. The molecule has 0 amide bonds. The van der Waals surface area contributed by atoms with Gasteiger partial charge >= 0.3 is 0 Å². The van der Waals surface area contributed by atoms with Gasteiger partial charge in [0.15, 0.2) is 0 Å². The quantitative estimate of drug-likeness (QED) is 0.678. The lowest BCUT2D eigenvalue weighted by Crippen LogP contribution is -1.76.